The van der Waals surface area contributed by atoms with Gasteiger partial charge in [0, 0.05) is 50.2 Å². The predicted octanol–water partition coefficient (Wildman–Crippen LogP) is 3.20. The van der Waals surface area contributed by atoms with Crippen LogP contribution in [-0.4, -0.2) is 41.6 Å². The summed E-state index contributed by atoms with van der Waals surface area (Å²) < 4.78 is 15.5. The Balaban J connectivity index is 1.86. The number of rotatable bonds is 4. The molecule has 1 amide bonds. The average molecular weight is 394 g/mol. The summed E-state index contributed by atoms with van der Waals surface area (Å²) >= 11 is 0. The Labute approximate surface area is 170 Å². The number of hydrogen-bond acceptors (Lipinski definition) is 3. The summed E-state index contributed by atoms with van der Waals surface area (Å²) in [6, 6.07) is 6.40. The number of hydrogen-bond donors (Lipinski definition) is 2. The van der Waals surface area contributed by atoms with Gasteiger partial charge in [0.15, 0.2) is 0 Å². The molecule has 6 heteroatoms. The van der Waals surface area contributed by atoms with Crippen LogP contribution in [0, 0.1) is 12.7 Å². The number of nitrogens with two attached hydrogens (primary N) is 1. The number of carbonyl (C=O) groups excluding carboxylic acids is 1. The van der Waals surface area contributed by atoms with Crippen LogP contribution in [0.2, 0.25) is 0 Å². The molecule has 1 aliphatic carbocycles. The third-order valence-corrected chi connectivity index (χ3v) is 5.95. The van der Waals surface area contributed by atoms with Crippen LogP contribution >= 0.6 is 0 Å². The Morgan fingerprint density at radius 1 is 1.17 bits per heavy atom. The number of nitrogens with one attached hydrogen (secondary N) is 1. The Kier molecular flexibility index (Phi) is 5.28. The van der Waals surface area contributed by atoms with Gasteiger partial charge in [0.25, 0.3) is 5.91 Å². The lowest BCUT2D eigenvalue weighted by molar-refractivity contribution is 0.0999. The van der Waals surface area contributed by atoms with Gasteiger partial charge in [0.2, 0.25) is 0 Å². The maximum absolute atomic E-state index is 13.5. The second-order valence-corrected chi connectivity index (χ2v) is 7.69. The number of benzene rings is 1. The van der Waals surface area contributed by atoms with E-state index in [9.17, 15) is 9.18 Å². The van der Waals surface area contributed by atoms with Crippen molar-refractivity contribution in [3.8, 4) is 11.3 Å². The Bertz CT molecular complexity index is 995. The number of piperazine rings is 1. The maximum atomic E-state index is 13.5. The van der Waals surface area contributed by atoms with Crippen molar-refractivity contribution in [2.24, 2.45) is 12.8 Å². The van der Waals surface area contributed by atoms with Gasteiger partial charge in [-0.1, -0.05) is 6.08 Å². The van der Waals surface area contributed by atoms with Gasteiger partial charge < -0.3 is 20.5 Å². The Hall–Kier alpha value is -2.86. The van der Waals surface area contributed by atoms with Crippen molar-refractivity contribution in [3.63, 3.8) is 0 Å². The Morgan fingerprint density at radius 2 is 1.86 bits per heavy atom. The molecule has 2 aliphatic rings. The van der Waals surface area contributed by atoms with E-state index in [0.717, 1.165) is 67.1 Å². The molecule has 5 nitrogen and oxygen atoms in total. The van der Waals surface area contributed by atoms with Gasteiger partial charge >= 0.3 is 0 Å². The van der Waals surface area contributed by atoms with Crippen LogP contribution in [0.1, 0.15) is 34.5 Å². The standard InChI is InChI=1S/C23H27FN4O/c1-15-20(23(25)29)21(22(27(15)2)16-6-8-18(24)9-7-16)17-4-3-5-19(14-17)28-12-10-26-11-13-28/h4,6-9,14,26H,3,5,10-13H2,1-2H3,(H2,25,29). The number of nitrogens with zero attached hydrogens (tertiary/aromatic N) is 2. The second kappa shape index (κ2) is 7.87. The molecule has 29 heavy (non-hydrogen) atoms. The van der Waals surface area contributed by atoms with Crippen molar-refractivity contribution in [2.45, 2.75) is 19.8 Å². The van der Waals surface area contributed by atoms with E-state index in [-0.39, 0.29) is 5.82 Å². The van der Waals surface area contributed by atoms with Crippen molar-refractivity contribution < 1.29 is 9.18 Å². The van der Waals surface area contributed by atoms with Gasteiger partial charge in [-0.3, -0.25) is 4.79 Å². The van der Waals surface area contributed by atoms with Gasteiger partial charge in [0.1, 0.15) is 5.82 Å². The number of aromatic nitrogens is 1. The van der Waals surface area contributed by atoms with E-state index >= 15 is 0 Å². The molecule has 1 aliphatic heterocycles. The van der Waals surface area contributed by atoms with Gasteiger partial charge in [-0.2, -0.15) is 0 Å². The van der Waals surface area contributed by atoms with Crippen LogP contribution in [0.3, 0.4) is 0 Å². The minimum Gasteiger partial charge on any atom is -0.372 e. The summed E-state index contributed by atoms with van der Waals surface area (Å²) in [6.45, 7) is 5.84. The van der Waals surface area contributed by atoms with E-state index in [2.05, 4.69) is 22.4 Å². The zero-order valence-electron chi connectivity index (χ0n) is 17.0. The molecular weight excluding hydrogens is 367 g/mol. The fraction of sp³-hybridized carbons (Fsp3) is 0.348. The summed E-state index contributed by atoms with van der Waals surface area (Å²) in [5.74, 6) is -0.723. The first-order valence-corrected chi connectivity index (χ1v) is 10.1. The first kappa shape index (κ1) is 19.5. The highest BCUT2D eigenvalue weighted by molar-refractivity contribution is 6.04. The quantitative estimate of drug-likeness (QED) is 0.837. The molecule has 1 aromatic heterocycles. The van der Waals surface area contributed by atoms with E-state index in [0.29, 0.717) is 5.56 Å². The van der Waals surface area contributed by atoms with E-state index in [1.807, 2.05) is 18.5 Å². The summed E-state index contributed by atoms with van der Waals surface area (Å²) in [4.78, 5) is 14.8. The minimum atomic E-state index is -0.440. The van der Waals surface area contributed by atoms with Crippen LogP contribution in [0.15, 0.2) is 42.1 Å². The van der Waals surface area contributed by atoms with Crippen LogP contribution in [0.4, 0.5) is 4.39 Å². The maximum Gasteiger partial charge on any atom is 0.251 e. The van der Waals surface area contributed by atoms with Crippen molar-refractivity contribution in [2.75, 3.05) is 26.2 Å². The first-order chi connectivity index (χ1) is 14.0. The lowest BCUT2D eigenvalue weighted by Gasteiger charge is -2.33. The summed E-state index contributed by atoms with van der Waals surface area (Å²) in [7, 11) is 1.92. The third kappa shape index (κ3) is 3.60. The number of allylic oxidation sites excluding steroid dienone is 4. The van der Waals surface area contributed by atoms with Crippen molar-refractivity contribution in [3.05, 3.63) is 64.8 Å². The first-order valence-electron chi connectivity index (χ1n) is 10.1. The zero-order valence-corrected chi connectivity index (χ0v) is 17.0. The van der Waals surface area contributed by atoms with Gasteiger partial charge in [-0.25, -0.2) is 4.39 Å². The molecule has 0 spiro atoms. The fourth-order valence-electron chi connectivity index (χ4n) is 4.39. The van der Waals surface area contributed by atoms with Crippen LogP contribution in [0.5, 0.6) is 0 Å². The summed E-state index contributed by atoms with van der Waals surface area (Å²) in [6.07, 6.45) is 6.29. The minimum absolute atomic E-state index is 0.283. The summed E-state index contributed by atoms with van der Waals surface area (Å²) in [5, 5.41) is 3.39. The van der Waals surface area contributed by atoms with E-state index in [1.165, 1.54) is 17.8 Å². The average Bonchev–Trinajstić information content (AvgIpc) is 3.00. The van der Waals surface area contributed by atoms with Gasteiger partial charge in [-0.15, -0.1) is 0 Å². The van der Waals surface area contributed by atoms with E-state index < -0.39 is 5.91 Å². The van der Waals surface area contributed by atoms with E-state index in [4.69, 9.17) is 5.73 Å². The fourth-order valence-corrected chi connectivity index (χ4v) is 4.39. The van der Waals surface area contributed by atoms with Crippen LogP contribution < -0.4 is 11.1 Å². The zero-order chi connectivity index (χ0) is 20.5. The number of amides is 1. The molecule has 0 saturated carbocycles. The molecule has 1 fully saturated rings. The van der Waals surface area contributed by atoms with Crippen molar-refractivity contribution in [1.82, 2.24) is 14.8 Å². The Morgan fingerprint density at radius 3 is 2.52 bits per heavy atom. The predicted molar refractivity (Wildman–Crippen MR) is 114 cm³/mol. The smallest absolute Gasteiger partial charge is 0.251 e. The molecule has 2 heterocycles. The van der Waals surface area contributed by atoms with Gasteiger partial charge in [0.05, 0.1) is 11.3 Å². The van der Waals surface area contributed by atoms with Crippen molar-refractivity contribution in [1.29, 1.82) is 0 Å². The summed E-state index contributed by atoms with van der Waals surface area (Å²) in [5.41, 5.74) is 12.1. The monoisotopic (exact) mass is 394 g/mol. The molecule has 0 unspecified atom stereocenters. The highest BCUT2D eigenvalue weighted by Gasteiger charge is 2.26. The molecule has 1 aromatic carbocycles. The molecule has 4 rings (SSSR count). The molecule has 0 atom stereocenters. The molecule has 3 N–H and O–H groups in total. The molecule has 1 saturated heterocycles. The molecule has 0 radical (unpaired) electrons. The largest absolute Gasteiger partial charge is 0.372 e. The second-order valence-electron chi connectivity index (χ2n) is 7.69. The van der Waals surface area contributed by atoms with Crippen molar-refractivity contribution >= 4 is 11.5 Å². The van der Waals surface area contributed by atoms with Crippen LogP contribution in [0.25, 0.3) is 16.8 Å². The number of carbonyl (C=O) groups is 1. The number of halogens is 1. The van der Waals surface area contributed by atoms with Crippen LogP contribution in [-0.2, 0) is 7.05 Å². The lowest BCUT2D eigenvalue weighted by Crippen LogP contribution is -2.43. The lowest BCUT2D eigenvalue weighted by atomic mass is 9.91. The molecule has 2 aromatic rings. The normalized spacial score (nSPS) is 17.1. The third-order valence-electron chi connectivity index (χ3n) is 5.95. The van der Waals surface area contributed by atoms with E-state index in [1.54, 1.807) is 12.1 Å². The topological polar surface area (TPSA) is 63.3 Å². The highest BCUT2D eigenvalue weighted by atomic mass is 19.1. The molecule has 0 bridgehead atoms. The molecular formula is C23H27FN4O. The SMILES string of the molecule is Cc1c(C(N)=O)c(C2=CCCC(N3CCNCC3)=C2)c(-c2ccc(F)cc2)n1C. The van der Waals surface area contributed by atoms with Gasteiger partial charge in [-0.05, 0) is 61.2 Å². The number of primary amides is 1. The highest BCUT2D eigenvalue weighted by Crippen LogP contribution is 2.39. The molecule has 152 valence electrons.